The highest BCUT2D eigenvalue weighted by Crippen LogP contribution is 2.06. The van der Waals surface area contributed by atoms with Crippen LogP contribution in [0.5, 0.6) is 0 Å². The van der Waals surface area contributed by atoms with Gasteiger partial charge in [-0.05, 0) is 17.9 Å². The van der Waals surface area contributed by atoms with Gasteiger partial charge in [0.25, 0.3) is 0 Å². The number of rotatable bonds is 14. The lowest BCUT2D eigenvalue weighted by Crippen LogP contribution is -2.59. The van der Waals surface area contributed by atoms with Crippen LogP contribution in [0.4, 0.5) is 0 Å². The van der Waals surface area contributed by atoms with Gasteiger partial charge in [-0.2, -0.15) is 0 Å². The van der Waals surface area contributed by atoms with Crippen LogP contribution in [-0.4, -0.2) is 75.8 Å². The van der Waals surface area contributed by atoms with Crippen molar-refractivity contribution in [3.8, 4) is 0 Å². The van der Waals surface area contributed by atoms with Crippen LogP contribution in [0.25, 0.3) is 0 Å². The molecule has 4 atom stereocenters. The molecule has 0 aromatic heterocycles. The number of benzene rings is 1. The number of nitrogens with one attached hydrogen (secondary N) is 3. The Morgan fingerprint density at radius 1 is 0.853 bits per heavy atom. The Bertz CT molecular complexity index is 862. The van der Waals surface area contributed by atoms with E-state index in [4.69, 9.17) is 10.8 Å². The molecule has 0 aliphatic carbocycles. The fourth-order valence-electron chi connectivity index (χ4n) is 2.89. The van der Waals surface area contributed by atoms with Crippen molar-refractivity contribution >= 4 is 29.7 Å². The van der Waals surface area contributed by atoms with Gasteiger partial charge >= 0.3 is 11.9 Å². The molecule has 3 amide bonds. The van der Waals surface area contributed by atoms with E-state index in [-0.39, 0.29) is 18.8 Å². The molecule has 8 N–H and O–H groups in total. The molecule has 0 bridgehead atoms. The van der Waals surface area contributed by atoms with Crippen LogP contribution in [0.15, 0.2) is 30.3 Å². The van der Waals surface area contributed by atoms with Crippen molar-refractivity contribution in [3.63, 3.8) is 0 Å². The molecule has 0 fully saturated rings. The van der Waals surface area contributed by atoms with Crippen molar-refractivity contribution < 1.29 is 39.3 Å². The van der Waals surface area contributed by atoms with Gasteiger partial charge in [0, 0.05) is 12.8 Å². The molecule has 34 heavy (non-hydrogen) atoms. The maximum Gasteiger partial charge on any atom is 0.326 e. The highest BCUT2D eigenvalue weighted by Gasteiger charge is 2.30. The van der Waals surface area contributed by atoms with Gasteiger partial charge in [0.15, 0.2) is 0 Å². The quantitative estimate of drug-likeness (QED) is 0.167. The number of carbonyl (C=O) groups excluding carboxylic acids is 3. The summed E-state index contributed by atoms with van der Waals surface area (Å²) in [5, 5.41) is 34.5. The second-order valence-electron chi connectivity index (χ2n) is 8.10. The zero-order chi connectivity index (χ0) is 25.8. The predicted octanol–water partition coefficient (Wildman–Crippen LogP) is -1.39. The first-order chi connectivity index (χ1) is 16.0. The monoisotopic (exact) mass is 480 g/mol. The first kappa shape index (κ1) is 28.5. The number of aliphatic hydroxyl groups is 1. The summed E-state index contributed by atoms with van der Waals surface area (Å²) >= 11 is 0. The van der Waals surface area contributed by atoms with Gasteiger partial charge in [-0.1, -0.05) is 44.2 Å². The smallest absolute Gasteiger partial charge is 0.326 e. The predicted molar refractivity (Wildman–Crippen MR) is 120 cm³/mol. The van der Waals surface area contributed by atoms with Crippen LogP contribution in [0, 0.1) is 5.92 Å². The molecule has 188 valence electrons. The van der Waals surface area contributed by atoms with E-state index in [0.29, 0.717) is 5.56 Å². The number of nitrogens with two attached hydrogens (primary N) is 1. The van der Waals surface area contributed by atoms with Crippen molar-refractivity contribution in [2.75, 3.05) is 6.61 Å². The molecule has 4 unspecified atom stereocenters. The van der Waals surface area contributed by atoms with E-state index in [1.54, 1.807) is 44.2 Å². The minimum absolute atomic E-state index is 0.0688. The SMILES string of the molecule is CC(C)C(N)C(=O)NC(Cc1ccccc1)C(=O)NC(CO)C(=O)NC(CCC(=O)O)C(=O)O. The molecule has 0 saturated carbocycles. The van der Waals surface area contributed by atoms with Crippen molar-refractivity contribution in [2.45, 2.75) is 57.3 Å². The van der Waals surface area contributed by atoms with E-state index in [1.807, 2.05) is 0 Å². The maximum absolute atomic E-state index is 12.9. The molecule has 0 aliphatic rings. The van der Waals surface area contributed by atoms with E-state index in [2.05, 4.69) is 16.0 Å². The number of aliphatic carboxylic acids is 2. The molecular weight excluding hydrogens is 448 g/mol. The Balaban J connectivity index is 2.97. The Hall–Kier alpha value is -3.51. The molecule has 1 aromatic rings. The lowest BCUT2D eigenvalue weighted by atomic mass is 10.0. The fraction of sp³-hybridized carbons (Fsp3) is 0.500. The standard InChI is InChI=1S/C22H32N4O8/c1-12(2)18(23)21(32)25-15(10-13-6-4-3-5-7-13)19(30)26-16(11-27)20(31)24-14(22(33)34)8-9-17(28)29/h3-7,12,14-16,18,27H,8-11,23H2,1-2H3,(H,24,31)(H,25,32)(H,26,30)(H,28,29)(H,33,34). The average Bonchev–Trinajstić information content (AvgIpc) is 2.78. The second kappa shape index (κ2) is 13.9. The van der Waals surface area contributed by atoms with Crippen molar-refractivity contribution in [3.05, 3.63) is 35.9 Å². The summed E-state index contributed by atoms with van der Waals surface area (Å²) < 4.78 is 0. The first-order valence-corrected chi connectivity index (χ1v) is 10.7. The van der Waals surface area contributed by atoms with Gasteiger partial charge in [-0.15, -0.1) is 0 Å². The molecule has 12 heteroatoms. The third-order valence-corrected chi connectivity index (χ3v) is 5.01. The molecule has 12 nitrogen and oxygen atoms in total. The molecule has 1 rings (SSSR count). The van der Waals surface area contributed by atoms with Crippen molar-refractivity contribution in [1.82, 2.24) is 16.0 Å². The van der Waals surface area contributed by atoms with Crippen molar-refractivity contribution in [2.24, 2.45) is 11.7 Å². The first-order valence-electron chi connectivity index (χ1n) is 10.7. The summed E-state index contributed by atoms with van der Waals surface area (Å²) in [4.78, 5) is 59.9. The lowest BCUT2D eigenvalue weighted by molar-refractivity contribution is -0.143. The third-order valence-electron chi connectivity index (χ3n) is 5.01. The molecular formula is C22H32N4O8. The Morgan fingerprint density at radius 2 is 1.38 bits per heavy atom. The number of carboxylic acid groups (broad SMARTS) is 2. The molecule has 0 saturated heterocycles. The minimum atomic E-state index is -1.53. The normalized spacial score (nSPS) is 14.4. The summed E-state index contributed by atoms with van der Waals surface area (Å²) in [5.74, 6) is -5.29. The number of carbonyl (C=O) groups is 5. The average molecular weight is 481 g/mol. The van der Waals surface area contributed by atoms with Crippen LogP contribution in [0.1, 0.15) is 32.3 Å². The Labute approximate surface area is 196 Å². The topological polar surface area (TPSA) is 208 Å². The highest BCUT2D eigenvalue weighted by atomic mass is 16.4. The van der Waals surface area contributed by atoms with Crippen LogP contribution < -0.4 is 21.7 Å². The minimum Gasteiger partial charge on any atom is -0.481 e. The largest absolute Gasteiger partial charge is 0.481 e. The molecule has 0 heterocycles. The second-order valence-corrected chi connectivity index (χ2v) is 8.10. The van der Waals surface area contributed by atoms with Gasteiger partial charge in [0.1, 0.15) is 18.1 Å². The summed E-state index contributed by atoms with van der Waals surface area (Å²) in [5.41, 5.74) is 6.58. The van der Waals surface area contributed by atoms with Gasteiger partial charge in [0.05, 0.1) is 12.6 Å². The van der Waals surface area contributed by atoms with Crippen LogP contribution in [0.2, 0.25) is 0 Å². The van der Waals surface area contributed by atoms with E-state index in [0.717, 1.165) is 0 Å². The van der Waals surface area contributed by atoms with Crippen molar-refractivity contribution in [1.29, 1.82) is 0 Å². The summed E-state index contributed by atoms with van der Waals surface area (Å²) in [6, 6.07) is 3.68. The lowest BCUT2D eigenvalue weighted by Gasteiger charge is -2.25. The molecule has 0 aliphatic heterocycles. The summed E-state index contributed by atoms with van der Waals surface area (Å²) in [6.07, 6.45) is -0.823. The number of amides is 3. The van der Waals surface area contributed by atoms with Gasteiger partial charge in [0.2, 0.25) is 17.7 Å². The van der Waals surface area contributed by atoms with E-state index in [9.17, 15) is 34.2 Å². The van der Waals surface area contributed by atoms with Gasteiger partial charge < -0.3 is 37.0 Å². The number of carboxylic acids is 2. The number of aliphatic hydroxyl groups excluding tert-OH is 1. The fourth-order valence-corrected chi connectivity index (χ4v) is 2.89. The molecule has 0 radical (unpaired) electrons. The number of hydrogen-bond acceptors (Lipinski definition) is 7. The van der Waals surface area contributed by atoms with Gasteiger partial charge in [-0.25, -0.2) is 4.79 Å². The zero-order valence-electron chi connectivity index (χ0n) is 19.1. The van der Waals surface area contributed by atoms with E-state index < -0.39 is 66.9 Å². The van der Waals surface area contributed by atoms with Crippen LogP contribution in [-0.2, 0) is 30.4 Å². The Morgan fingerprint density at radius 3 is 1.88 bits per heavy atom. The maximum atomic E-state index is 12.9. The zero-order valence-corrected chi connectivity index (χ0v) is 19.1. The Kier molecular flexibility index (Phi) is 11.7. The van der Waals surface area contributed by atoms with Gasteiger partial charge in [-0.3, -0.25) is 19.2 Å². The summed E-state index contributed by atoms with van der Waals surface area (Å²) in [6.45, 7) is 2.62. The van der Waals surface area contributed by atoms with E-state index >= 15 is 0 Å². The molecule has 0 spiro atoms. The summed E-state index contributed by atoms with van der Waals surface area (Å²) in [7, 11) is 0. The van der Waals surface area contributed by atoms with Crippen LogP contribution >= 0.6 is 0 Å². The van der Waals surface area contributed by atoms with Crippen LogP contribution in [0.3, 0.4) is 0 Å². The number of hydrogen-bond donors (Lipinski definition) is 7. The highest BCUT2D eigenvalue weighted by molar-refractivity contribution is 5.94. The molecule has 1 aromatic carbocycles. The third kappa shape index (κ3) is 9.55. The van der Waals surface area contributed by atoms with E-state index in [1.165, 1.54) is 0 Å².